The highest BCUT2D eigenvalue weighted by molar-refractivity contribution is 5.49. The SMILES string of the molecule is CCNc1ncc(C)c(N2CCC(C(C)(C)C)C2)n1. The van der Waals surface area contributed by atoms with Gasteiger partial charge in [0.15, 0.2) is 0 Å². The van der Waals surface area contributed by atoms with Crippen molar-refractivity contribution < 1.29 is 0 Å². The van der Waals surface area contributed by atoms with Gasteiger partial charge in [-0.1, -0.05) is 20.8 Å². The van der Waals surface area contributed by atoms with Gasteiger partial charge in [-0.05, 0) is 31.6 Å². The molecule has 1 aliphatic rings. The zero-order chi connectivity index (χ0) is 14.0. The number of aromatic nitrogens is 2. The number of hydrogen-bond acceptors (Lipinski definition) is 4. The molecule has 1 fully saturated rings. The summed E-state index contributed by atoms with van der Waals surface area (Å²) < 4.78 is 0. The van der Waals surface area contributed by atoms with Crippen molar-refractivity contribution in [3.63, 3.8) is 0 Å². The fraction of sp³-hybridized carbons (Fsp3) is 0.733. The minimum atomic E-state index is 0.375. The summed E-state index contributed by atoms with van der Waals surface area (Å²) in [5.41, 5.74) is 1.54. The summed E-state index contributed by atoms with van der Waals surface area (Å²) in [5.74, 6) is 2.57. The van der Waals surface area contributed by atoms with Gasteiger partial charge in [-0.15, -0.1) is 0 Å². The molecule has 1 aromatic rings. The first-order valence-electron chi connectivity index (χ1n) is 7.24. The highest BCUT2D eigenvalue weighted by Gasteiger charge is 2.32. The van der Waals surface area contributed by atoms with Gasteiger partial charge in [-0.25, -0.2) is 4.98 Å². The molecule has 0 aliphatic carbocycles. The van der Waals surface area contributed by atoms with Crippen molar-refractivity contribution in [2.24, 2.45) is 11.3 Å². The topological polar surface area (TPSA) is 41.1 Å². The summed E-state index contributed by atoms with van der Waals surface area (Å²) >= 11 is 0. The lowest BCUT2D eigenvalue weighted by atomic mass is 9.80. The Bertz CT molecular complexity index is 436. The van der Waals surface area contributed by atoms with E-state index in [4.69, 9.17) is 0 Å². The molecule has 0 bridgehead atoms. The maximum absolute atomic E-state index is 4.66. The molecule has 0 aromatic carbocycles. The number of aryl methyl sites for hydroxylation is 1. The molecule has 0 amide bonds. The lowest BCUT2D eigenvalue weighted by molar-refractivity contribution is 0.263. The van der Waals surface area contributed by atoms with E-state index in [-0.39, 0.29) is 0 Å². The average molecular weight is 262 g/mol. The van der Waals surface area contributed by atoms with E-state index in [1.165, 1.54) is 6.42 Å². The average Bonchev–Trinajstić information content (AvgIpc) is 2.81. The Hall–Kier alpha value is -1.32. The van der Waals surface area contributed by atoms with Crippen LogP contribution in [-0.2, 0) is 0 Å². The van der Waals surface area contributed by atoms with E-state index in [2.05, 4.69) is 54.8 Å². The Kier molecular flexibility index (Phi) is 3.97. The number of nitrogens with one attached hydrogen (secondary N) is 1. The van der Waals surface area contributed by atoms with Crippen LogP contribution in [0.25, 0.3) is 0 Å². The predicted molar refractivity (Wildman–Crippen MR) is 80.7 cm³/mol. The Balaban J connectivity index is 2.16. The van der Waals surface area contributed by atoms with E-state index in [0.717, 1.165) is 42.9 Å². The second kappa shape index (κ2) is 5.35. The van der Waals surface area contributed by atoms with Crippen LogP contribution < -0.4 is 10.2 Å². The van der Waals surface area contributed by atoms with Crippen molar-refractivity contribution in [1.29, 1.82) is 0 Å². The second-order valence-corrected chi connectivity index (χ2v) is 6.53. The van der Waals surface area contributed by atoms with Crippen molar-refractivity contribution in [1.82, 2.24) is 9.97 Å². The van der Waals surface area contributed by atoms with Gasteiger partial charge in [0.1, 0.15) is 5.82 Å². The van der Waals surface area contributed by atoms with Crippen LogP contribution in [0, 0.1) is 18.3 Å². The molecule has 1 aromatic heterocycles. The standard InChI is InChI=1S/C15H26N4/c1-6-16-14-17-9-11(2)13(18-14)19-8-7-12(10-19)15(3,4)5/h9,12H,6-8,10H2,1-5H3,(H,16,17,18). The summed E-state index contributed by atoms with van der Waals surface area (Å²) in [6, 6.07) is 0. The Morgan fingerprint density at radius 2 is 2.16 bits per heavy atom. The maximum atomic E-state index is 4.66. The van der Waals surface area contributed by atoms with Crippen LogP contribution >= 0.6 is 0 Å². The third-order valence-corrected chi connectivity index (χ3v) is 3.99. The van der Waals surface area contributed by atoms with Crippen LogP contribution in [0.4, 0.5) is 11.8 Å². The molecular formula is C15H26N4. The molecule has 1 saturated heterocycles. The highest BCUT2D eigenvalue weighted by Crippen LogP contribution is 2.35. The van der Waals surface area contributed by atoms with Gasteiger partial charge in [0.2, 0.25) is 5.95 Å². The van der Waals surface area contributed by atoms with Gasteiger partial charge in [-0.2, -0.15) is 4.98 Å². The summed E-state index contributed by atoms with van der Waals surface area (Å²) in [6.45, 7) is 14.2. The molecule has 1 unspecified atom stereocenters. The van der Waals surface area contributed by atoms with Gasteiger partial charge in [0.05, 0.1) is 0 Å². The van der Waals surface area contributed by atoms with Crippen molar-refractivity contribution >= 4 is 11.8 Å². The normalized spacial score (nSPS) is 19.8. The highest BCUT2D eigenvalue weighted by atomic mass is 15.2. The van der Waals surface area contributed by atoms with Gasteiger partial charge < -0.3 is 10.2 Å². The molecular weight excluding hydrogens is 236 g/mol. The van der Waals surface area contributed by atoms with Gasteiger partial charge in [-0.3, -0.25) is 0 Å². The molecule has 0 radical (unpaired) electrons. The molecule has 2 heterocycles. The van der Waals surface area contributed by atoms with E-state index < -0.39 is 0 Å². The second-order valence-electron chi connectivity index (χ2n) is 6.53. The predicted octanol–water partition coefficient (Wildman–Crippen LogP) is 3.09. The van der Waals surface area contributed by atoms with Crippen molar-refractivity contribution in [3.05, 3.63) is 11.8 Å². The van der Waals surface area contributed by atoms with Gasteiger partial charge in [0.25, 0.3) is 0 Å². The Morgan fingerprint density at radius 1 is 1.42 bits per heavy atom. The van der Waals surface area contributed by atoms with Crippen molar-refractivity contribution in [2.75, 3.05) is 29.9 Å². The maximum Gasteiger partial charge on any atom is 0.224 e. The van der Waals surface area contributed by atoms with Crippen LogP contribution in [0.5, 0.6) is 0 Å². The fourth-order valence-electron chi connectivity index (χ4n) is 2.66. The van der Waals surface area contributed by atoms with Crippen LogP contribution in [-0.4, -0.2) is 29.6 Å². The van der Waals surface area contributed by atoms with E-state index in [1.54, 1.807) is 0 Å². The lowest BCUT2D eigenvalue weighted by Gasteiger charge is -2.27. The van der Waals surface area contributed by atoms with Crippen LogP contribution in [0.15, 0.2) is 6.20 Å². The van der Waals surface area contributed by atoms with Crippen molar-refractivity contribution in [2.45, 2.75) is 41.0 Å². The third kappa shape index (κ3) is 3.17. The van der Waals surface area contributed by atoms with Crippen LogP contribution in [0.2, 0.25) is 0 Å². The molecule has 19 heavy (non-hydrogen) atoms. The first kappa shape index (κ1) is 14.1. The Labute approximate surface area is 116 Å². The van der Waals surface area contributed by atoms with E-state index >= 15 is 0 Å². The van der Waals surface area contributed by atoms with Crippen LogP contribution in [0.3, 0.4) is 0 Å². The molecule has 106 valence electrons. The summed E-state index contributed by atoms with van der Waals surface area (Å²) in [7, 11) is 0. The first-order chi connectivity index (χ1) is 8.91. The van der Waals surface area contributed by atoms with Gasteiger partial charge >= 0.3 is 0 Å². The number of nitrogens with zero attached hydrogens (tertiary/aromatic N) is 3. The Morgan fingerprint density at radius 3 is 2.74 bits per heavy atom. The molecule has 0 spiro atoms. The molecule has 2 rings (SSSR count). The quantitative estimate of drug-likeness (QED) is 0.909. The first-order valence-corrected chi connectivity index (χ1v) is 7.24. The molecule has 1 aliphatic heterocycles. The number of rotatable bonds is 3. The molecule has 1 atom stereocenters. The third-order valence-electron chi connectivity index (χ3n) is 3.99. The van der Waals surface area contributed by atoms with Crippen molar-refractivity contribution in [3.8, 4) is 0 Å². The van der Waals surface area contributed by atoms with Gasteiger partial charge in [0, 0.05) is 31.4 Å². The summed E-state index contributed by atoms with van der Waals surface area (Å²) in [5, 5.41) is 3.19. The molecule has 4 heteroatoms. The smallest absolute Gasteiger partial charge is 0.224 e. The van der Waals surface area contributed by atoms with E-state index in [1.807, 2.05) is 6.20 Å². The lowest BCUT2D eigenvalue weighted by Crippen LogP contribution is -2.27. The monoisotopic (exact) mass is 262 g/mol. The molecule has 1 N–H and O–H groups in total. The minimum Gasteiger partial charge on any atom is -0.356 e. The molecule has 4 nitrogen and oxygen atoms in total. The van der Waals surface area contributed by atoms with E-state index in [0.29, 0.717) is 5.41 Å². The van der Waals surface area contributed by atoms with Crippen LogP contribution in [0.1, 0.15) is 39.7 Å². The number of anilines is 2. The summed E-state index contributed by atoms with van der Waals surface area (Å²) in [4.78, 5) is 11.4. The van der Waals surface area contributed by atoms with E-state index in [9.17, 15) is 0 Å². The summed E-state index contributed by atoms with van der Waals surface area (Å²) in [6.07, 6.45) is 3.17. The fourth-order valence-corrected chi connectivity index (χ4v) is 2.66. The largest absolute Gasteiger partial charge is 0.356 e. The number of hydrogen-bond donors (Lipinski definition) is 1. The minimum absolute atomic E-state index is 0.375. The zero-order valence-corrected chi connectivity index (χ0v) is 12.8. The molecule has 0 saturated carbocycles. The zero-order valence-electron chi connectivity index (χ0n) is 12.8.